The van der Waals surface area contributed by atoms with Crippen molar-refractivity contribution in [2.45, 2.75) is 20.8 Å². The predicted octanol–water partition coefficient (Wildman–Crippen LogP) is 2.82. The van der Waals surface area contributed by atoms with E-state index in [2.05, 4.69) is 10.3 Å². The first kappa shape index (κ1) is 14.5. The van der Waals surface area contributed by atoms with E-state index in [1.807, 2.05) is 32.9 Å². The van der Waals surface area contributed by atoms with Crippen molar-refractivity contribution in [3.8, 4) is 0 Å². The predicted molar refractivity (Wildman–Crippen MR) is 76.6 cm³/mol. The molecule has 0 aliphatic heterocycles. The largest absolute Gasteiger partial charge is 0.386 e. The van der Waals surface area contributed by atoms with Gasteiger partial charge in [-0.25, -0.2) is 4.99 Å². The first-order valence-corrected chi connectivity index (χ1v) is 6.28. The summed E-state index contributed by atoms with van der Waals surface area (Å²) in [5, 5.41) is 2.86. The molecule has 5 heteroatoms. The van der Waals surface area contributed by atoms with Crippen LogP contribution in [-0.2, 0) is 4.79 Å². The molecule has 0 fully saturated rings. The maximum Gasteiger partial charge on any atom is 0.226 e. The summed E-state index contributed by atoms with van der Waals surface area (Å²) in [6.07, 6.45) is 0. The van der Waals surface area contributed by atoms with E-state index < -0.39 is 0 Å². The fourth-order valence-electron chi connectivity index (χ4n) is 1.33. The monoisotopic (exact) mass is 267 g/mol. The van der Waals surface area contributed by atoms with Crippen LogP contribution in [0.5, 0.6) is 0 Å². The third-order valence-corrected chi connectivity index (χ3v) is 2.68. The van der Waals surface area contributed by atoms with Crippen molar-refractivity contribution in [3.63, 3.8) is 0 Å². The molecule has 0 aromatic heterocycles. The van der Waals surface area contributed by atoms with E-state index in [1.165, 1.54) is 0 Å². The SMILES string of the molecule is Cc1cc(N=C(N)CCl)ccc1NC(=O)C(C)C. The van der Waals surface area contributed by atoms with Gasteiger partial charge in [0.2, 0.25) is 5.91 Å². The van der Waals surface area contributed by atoms with Crippen LogP contribution in [0.15, 0.2) is 23.2 Å². The minimum Gasteiger partial charge on any atom is -0.386 e. The number of rotatable bonds is 4. The Bertz CT molecular complexity index is 469. The zero-order valence-electron chi connectivity index (χ0n) is 10.8. The second-order valence-electron chi connectivity index (χ2n) is 4.38. The third kappa shape index (κ3) is 4.04. The summed E-state index contributed by atoms with van der Waals surface area (Å²) in [7, 11) is 0. The standard InChI is InChI=1S/C13H18ClN3O/c1-8(2)13(18)17-11-5-4-10(6-9(11)3)16-12(15)7-14/h4-6,8H,7H2,1-3H3,(H2,15,16)(H,17,18). The number of nitrogens with zero attached hydrogens (tertiary/aromatic N) is 1. The van der Waals surface area contributed by atoms with Gasteiger partial charge in [0.05, 0.1) is 11.6 Å². The van der Waals surface area contributed by atoms with Gasteiger partial charge in [0, 0.05) is 11.6 Å². The number of aliphatic imine (C=N–C) groups is 1. The molecule has 1 aromatic rings. The molecule has 0 spiro atoms. The molecule has 3 N–H and O–H groups in total. The molecule has 0 saturated carbocycles. The number of nitrogens with two attached hydrogens (primary N) is 1. The van der Waals surface area contributed by atoms with E-state index in [4.69, 9.17) is 17.3 Å². The van der Waals surface area contributed by atoms with E-state index in [9.17, 15) is 4.79 Å². The Hall–Kier alpha value is -1.55. The molecule has 0 radical (unpaired) electrons. The van der Waals surface area contributed by atoms with Crippen molar-refractivity contribution in [2.24, 2.45) is 16.6 Å². The Labute approximate surface area is 112 Å². The van der Waals surface area contributed by atoms with Crippen LogP contribution in [0.3, 0.4) is 0 Å². The highest BCUT2D eigenvalue weighted by atomic mass is 35.5. The second-order valence-corrected chi connectivity index (χ2v) is 4.65. The van der Waals surface area contributed by atoms with Crippen molar-refractivity contribution in [3.05, 3.63) is 23.8 Å². The number of amides is 1. The van der Waals surface area contributed by atoms with Gasteiger partial charge in [-0.3, -0.25) is 4.79 Å². The Morgan fingerprint density at radius 1 is 1.50 bits per heavy atom. The summed E-state index contributed by atoms with van der Waals surface area (Å²) in [4.78, 5) is 15.7. The highest BCUT2D eigenvalue weighted by Gasteiger charge is 2.08. The third-order valence-electron chi connectivity index (χ3n) is 2.40. The Kier molecular flexibility index (Phi) is 5.16. The fourth-order valence-corrected chi connectivity index (χ4v) is 1.39. The highest BCUT2D eigenvalue weighted by Crippen LogP contribution is 2.22. The van der Waals surface area contributed by atoms with Crippen LogP contribution in [-0.4, -0.2) is 17.6 Å². The Morgan fingerprint density at radius 2 is 2.17 bits per heavy atom. The zero-order chi connectivity index (χ0) is 13.7. The van der Waals surface area contributed by atoms with Gasteiger partial charge < -0.3 is 11.1 Å². The molecule has 0 atom stereocenters. The Balaban J connectivity index is 2.90. The first-order chi connectivity index (χ1) is 8.43. The zero-order valence-corrected chi connectivity index (χ0v) is 11.6. The van der Waals surface area contributed by atoms with E-state index in [1.54, 1.807) is 6.07 Å². The summed E-state index contributed by atoms with van der Waals surface area (Å²) < 4.78 is 0. The summed E-state index contributed by atoms with van der Waals surface area (Å²) in [5.74, 6) is 0.517. The number of hydrogen-bond donors (Lipinski definition) is 2. The molecule has 18 heavy (non-hydrogen) atoms. The lowest BCUT2D eigenvalue weighted by molar-refractivity contribution is -0.118. The second kappa shape index (κ2) is 6.40. The summed E-state index contributed by atoms with van der Waals surface area (Å²) >= 11 is 5.56. The van der Waals surface area contributed by atoms with Crippen LogP contribution in [0.2, 0.25) is 0 Å². The van der Waals surface area contributed by atoms with Gasteiger partial charge in [-0.05, 0) is 30.7 Å². The molecule has 0 bridgehead atoms. The molecule has 1 amide bonds. The lowest BCUT2D eigenvalue weighted by atomic mass is 10.1. The van der Waals surface area contributed by atoms with Crippen LogP contribution in [0.25, 0.3) is 0 Å². The van der Waals surface area contributed by atoms with Gasteiger partial charge in [-0.1, -0.05) is 13.8 Å². The lowest BCUT2D eigenvalue weighted by Gasteiger charge is -2.10. The summed E-state index contributed by atoms with van der Waals surface area (Å²) in [5.41, 5.74) is 8.02. The summed E-state index contributed by atoms with van der Waals surface area (Å²) in [6, 6.07) is 5.47. The molecule has 98 valence electrons. The molecule has 0 heterocycles. The molecule has 0 aliphatic carbocycles. The molecule has 0 saturated heterocycles. The molecule has 1 rings (SSSR count). The average Bonchev–Trinajstić information content (AvgIpc) is 2.32. The molecule has 1 aromatic carbocycles. The van der Waals surface area contributed by atoms with Gasteiger partial charge in [0.25, 0.3) is 0 Å². The average molecular weight is 268 g/mol. The smallest absolute Gasteiger partial charge is 0.226 e. The number of benzene rings is 1. The lowest BCUT2D eigenvalue weighted by Crippen LogP contribution is -2.18. The number of carbonyl (C=O) groups is 1. The van der Waals surface area contributed by atoms with Crippen molar-refractivity contribution in [2.75, 3.05) is 11.2 Å². The van der Waals surface area contributed by atoms with Gasteiger partial charge in [0.15, 0.2) is 0 Å². The minimum absolute atomic E-state index is 0.00498. The number of nitrogens with one attached hydrogen (secondary N) is 1. The molecular formula is C13H18ClN3O. The number of carbonyl (C=O) groups excluding carboxylic acids is 1. The van der Waals surface area contributed by atoms with E-state index in [0.29, 0.717) is 5.84 Å². The molecule has 4 nitrogen and oxygen atoms in total. The van der Waals surface area contributed by atoms with Crippen LogP contribution < -0.4 is 11.1 Å². The van der Waals surface area contributed by atoms with Crippen molar-refractivity contribution in [1.82, 2.24) is 0 Å². The van der Waals surface area contributed by atoms with Gasteiger partial charge >= 0.3 is 0 Å². The maximum absolute atomic E-state index is 11.6. The number of amidine groups is 1. The van der Waals surface area contributed by atoms with Crippen molar-refractivity contribution < 1.29 is 4.79 Å². The summed E-state index contributed by atoms with van der Waals surface area (Å²) in [6.45, 7) is 5.61. The van der Waals surface area contributed by atoms with Gasteiger partial charge in [0.1, 0.15) is 5.84 Å². The Morgan fingerprint density at radius 3 is 2.67 bits per heavy atom. The normalized spacial score (nSPS) is 11.7. The van der Waals surface area contributed by atoms with E-state index in [0.717, 1.165) is 16.9 Å². The highest BCUT2D eigenvalue weighted by molar-refractivity contribution is 6.28. The van der Waals surface area contributed by atoms with Crippen LogP contribution in [0, 0.1) is 12.8 Å². The molecule has 0 unspecified atom stereocenters. The quantitative estimate of drug-likeness (QED) is 0.500. The van der Waals surface area contributed by atoms with Crippen LogP contribution >= 0.6 is 11.6 Å². The fraction of sp³-hybridized carbons (Fsp3) is 0.385. The molecule has 0 aliphatic rings. The number of alkyl halides is 1. The van der Waals surface area contributed by atoms with Gasteiger partial charge in [-0.2, -0.15) is 0 Å². The van der Waals surface area contributed by atoms with Crippen molar-refractivity contribution in [1.29, 1.82) is 0 Å². The van der Waals surface area contributed by atoms with Crippen LogP contribution in [0.1, 0.15) is 19.4 Å². The number of halogens is 1. The van der Waals surface area contributed by atoms with E-state index in [-0.39, 0.29) is 17.7 Å². The van der Waals surface area contributed by atoms with Gasteiger partial charge in [-0.15, -0.1) is 11.6 Å². The topological polar surface area (TPSA) is 67.5 Å². The first-order valence-electron chi connectivity index (χ1n) is 5.74. The number of anilines is 1. The molecular weight excluding hydrogens is 250 g/mol. The van der Waals surface area contributed by atoms with Crippen molar-refractivity contribution >= 4 is 34.7 Å². The van der Waals surface area contributed by atoms with E-state index >= 15 is 0 Å². The van der Waals surface area contributed by atoms with Crippen LogP contribution in [0.4, 0.5) is 11.4 Å². The number of hydrogen-bond acceptors (Lipinski definition) is 2. The maximum atomic E-state index is 11.6. The minimum atomic E-state index is -0.0472. The number of aryl methyl sites for hydroxylation is 1.